The van der Waals surface area contributed by atoms with Crippen LogP contribution in [0.4, 0.5) is 0 Å². The minimum atomic E-state index is -0.869. The lowest BCUT2D eigenvalue weighted by Gasteiger charge is -2.23. The summed E-state index contributed by atoms with van der Waals surface area (Å²) in [5, 5.41) is 9.78. The van der Waals surface area contributed by atoms with Gasteiger partial charge in [0.1, 0.15) is 0 Å². The molecule has 1 saturated carbocycles. The molecule has 2 atom stereocenters. The first kappa shape index (κ1) is 14.9. The van der Waals surface area contributed by atoms with E-state index in [4.69, 9.17) is 16.7 Å². The van der Waals surface area contributed by atoms with E-state index in [1.807, 2.05) is 18.2 Å². The van der Waals surface area contributed by atoms with Crippen LogP contribution < -0.4 is 0 Å². The molecule has 20 heavy (non-hydrogen) atoms. The van der Waals surface area contributed by atoms with Crippen LogP contribution in [0.2, 0.25) is 5.02 Å². The minimum absolute atomic E-state index is 0.102. The largest absolute Gasteiger partial charge is 0.481 e. The van der Waals surface area contributed by atoms with Crippen LogP contribution in [0, 0.1) is 11.8 Å². The van der Waals surface area contributed by atoms with Gasteiger partial charge in [0, 0.05) is 18.6 Å². The van der Waals surface area contributed by atoms with Gasteiger partial charge in [-0.15, -0.1) is 0 Å². The second kappa shape index (κ2) is 6.27. The molecule has 0 heterocycles. The zero-order valence-corrected chi connectivity index (χ0v) is 12.1. The van der Waals surface area contributed by atoms with Gasteiger partial charge in [0.15, 0.2) is 0 Å². The Hall–Kier alpha value is -1.55. The van der Waals surface area contributed by atoms with Crippen LogP contribution >= 0.6 is 11.6 Å². The third-order valence-electron chi connectivity index (χ3n) is 3.89. The number of hydrogen-bond acceptors (Lipinski definition) is 2. The third-order valence-corrected chi connectivity index (χ3v) is 4.26. The molecule has 1 fully saturated rings. The van der Waals surface area contributed by atoms with Gasteiger partial charge in [-0.1, -0.05) is 36.2 Å². The van der Waals surface area contributed by atoms with Crippen molar-refractivity contribution in [3.05, 3.63) is 34.9 Å². The number of rotatable bonds is 4. The molecule has 0 unspecified atom stereocenters. The molecule has 108 valence electrons. The van der Waals surface area contributed by atoms with Crippen LogP contribution in [0.5, 0.6) is 0 Å². The van der Waals surface area contributed by atoms with Crippen LogP contribution in [0.3, 0.4) is 0 Å². The van der Waals surface area contributed by atoms with Crippen molar-refractivity contribution in [2.24, 2.45) is 11.8 Å². The van der Waals surface area contributed by atoms with Crippen molar-refractivity contribution in [2.75, 3.05) is 7.05 Å². The highest BCUT2D eigenvalue weighted by Gasteiger charge is 2.38. The highest BCUT2D eigenvalue weighted by Crippen LogP contribution is 2.33. The monoisotopic (exact) mass is 295 g/mol. The Kier molecular flexibility index (Phi) is 4.65. The maximum absolute atomic E-state index is 12.4. The van der Waals surface area contributed by atoms with Gasteiger partial charge in [0.2, 0.25) is 5.91 Å². The number of carboxylic acids is 1. The molecule has 0 saturated heterocycles. The van der Waals surface area contributed by atoms with Crippen LogP contribution in [0.25, 0.3) is 0 Å². The minimum Gasteiger partial charge on any atom is -0.481 e. The lowest BCUT2D eigenvalue weighted by molar-refractivity contribution is -0.148. The average molecular weight is 296 g/mol. The molecule has 0 aliphatic heterocycles. The second-order valence-corrected chi connectivity index (χ2v) is 5.68. The SMILES string of the molecule is CN(Cc1ccccc1Cl)C(=O)[C@@H]1CCC[C@@H]1C(=O)O. The molecular weight excluding hydrogens is 278 g/mol. The van der Waals surface area contributed by atoms with Gasteiger partial charge in [-0.2, -0.15) is 0 Å². The molecule has 1 N–H and O–H groups in total. The van der Waals surface area contributed by atoms with Crippen LogP contribution in [-0.4, -0.2) is 28.9 Å². The molecule has 1 aromatic rings. The topological polar surface area (TPSA) is 57.6 Å². The van der Waals surface area contributed by atoms with Gasteiger partial charge < -0.3 is 10.0 Å². The molecule has 1 aliphatic carbocycles. The molecule has 0 aromatic heterocycles. The van der Waals surface area contributed by atoms with E-state index in [-0.39, 0.29) is 5.91 Å². The Morgan fingerprint density at radius 2 is 1.95 bits per heavy atom. The smallest absolute Gasteiger partial charge is 0.307 e. The summed E-state index contributed by atoms with van der Waals surface area (Å²) in [5.41, 5.74) is 0.870. The van der Waals surface area contributed by atoms with Crippen molar-refractivity contribution >= 4 is 23.5 Å². The Balaban J connectivity index is 2.05. The number of nitrogens with zero attached hydrogens (tertiary/aromatic N) is 1. The van der Waals surface area contributed by atoms with Crippen LogP contribution in [-0.2, 0) is 16.1 Å². The van der Waals surface area contributed by atoms with E-state index >= 15 is 0 Å². The number of carbonyl (C=O) groups is 2. The van der Waals surface area contributed by atoms with Crippen molar-refractivity contribution < 1.29 is 14.7 Å². The summed E-state index contributed by atoms with van der Waals surface area (Å²) >= 11 is 6.08. The first-order valence-corrected chi connectivity index (χ1v) is 7.09. The summed E-state index contributed by atoms with van der Waals surface area (Å²) in [5.74, 6) is -1.92. The van der Waals surface area contributed by atoms with Crippen molar-refractivity contribution in [2.45, 2.75) is 25.8 Å². The van der Waals surface area contributed by atoms with Crippen molar-refractivity contribution in [3.8, 4) is 0 Å². The van der Waals surface area contributed by atoms with Gasteiger partial charge in [0.05, 0.1) is 11.8 Å². The van der Waals surface area contributed by atoms with Gasteiger partial charge in [-0.3, -0.25) is 9.59 Å². The van der Waals surface area contributed by atoms with E-state index in [2.05, 4.69) is 0 Å². The van der Waals surface area contributed by atoms with Gasteiger partial charge in [0.25, 0.3) is 0 Å². The predicted octanol–water partition coefficient (Wildman–Crippen LogP) is 2.80. The van der Waals surface area contributed by atoms with Crippen LogP contribution in [0.15, 0.2) is 24.3 Å². The van der Waals surface area contributed by atoms with E-state index in [1.165, 1.54) is 0 Å². The number of hydrogen-bond donors (Lipinski definition) is 1. The molecule has 1 aliphatic rings. The number of carbonyl (C=O) groups excluding carboxylic acids is 1. The zero-order valence-electron chi connectivity index (χ0n) is 11.4. The number of aliphatic carboxylic acids is 1. The molecule has 1 amide bonds. The zero-order chi connectivity index (χ0) is 14.7. The van der Waals surface area contributed by atoms with E-state index in [0.717, 1.165) is 12.0 Å². The molecule has 4 nitrogen and oxygen atoms in total. The summed E-state index contributed by atoms with van der Waals surface area (Å²) < 4.78 is 0. The van der Waals surface area contributed by atoms with E-state index in [9.17, 15) is 9.59 Å². The highest BCUT2D eigenvalue weighted by molar-refractivity contribution is 6.31. The number of halogens is 1. The maximum atomic E-state index is 12.4. The van der Waals surface area contributed by atoms with E-state index in [1.54, 1.807) is 18.0 Å². The lowest BCUT2D eigenvalue weighted by atomic mass is 9.95. The molecule has 0 radical (unpaired) electrons. The molecular formula is C15H18ClNO3. The molecule has 1 aromatic carbocycles. The number of benzene rings is 1. The summed E-state index contributed by atoms with van der Waals surface area (Å²) in [6.45, 7) is 0.404. The second-order valence-electron chi connectivity index (χ2n) is 5.27. The van der Waals surface area contributed by atoms with Crippen LogP contribution in [0.1, 0.15) is 24.8 Å². The fraction of sp³-hybridized carbons (Fsp3) is 0.467. The van der Waals surface area contributed by atoms with E-state index in [0.29, 0.717) is 24.4 Å². The fourth-order valence-corrected chi connectivity index (χ4v) is 2.99. The summed E-state index contributed by atoms with van der Waals surface area (Å²) in [4.78, 5) is 25.1. The quantitative estimate of drug-likeness (QED) is 0.929. The lowest BCUT2D eigenvalue weighted by Crippen LogP contribution is -2.36. The van der Waals surface area contributed by atoms with Crippen molar-refractivity contribution in [1.82, 2.24) is 4.90 Å². The van der Waals surface area contributed by atoms with Gasteiger partial charge >= 0.3 is 5.97 Å². The Morgan fingerprint density at radius 1 is 1.30 bits per heavy atom. The Labute approximate surface area is 123 Å². The Bertz CT molecular complexity index is 518. The third kappa shape index (κ3) is 3.12. The predicted molar refractivity (Wildman–Crippen MR) is 76.4 cm³/mol. The first-order chi connectivity index (χ1) is 9.50. The van der Waals surface area contributed by atoms with E-state index < -0.39 is 17.8 Å². The number of amides is 1. The van der Waals surface area contributed by atoms with Gasteiger partial charge in [-0.25, -0.2) is 0 Å². The normalized spacial score (nSPS) is 21.7. The molecule has 0 bridgehead atoms. The summed E-state index contributed by atoms with van der Waals surface area (Å²) in [6.07, 6.45) is 2.04. The fourth-order valence-electron chi connectivity index (χ4n) is 2.79. The Morgan fingerprint density at radius 3 is 2.60 bits per heavy atom. The summed E-state index contributed by atoms with van der Waals surface area (Å²) in [7, 11) is 1.70. The summed E-state index contributed by atoms with van der Waals surface area (Å²) in [6, 6.07) is 7.36. The molecule has 2 rings (SSSR count). The molecule has 0 spiro atoms. The maximum Gasteiger partial charge on any atom is 0.307 e. The molecule has 5 heteroatoms. The highest BCUT2D eigenvalue weighted by atomic mass is 35.5. The standard InChI is InChI=1S/C15H18ClNO3/c1-17(9-10-5-2-3-8-13(10)16)14(18)11-6-4-7-12(11)15(19)20/h2-3,5,8,11-12H,4,6-7,9H2,1H3,(H,19,20)/t11-,12+/m1/s1. The first-order valence-electron chi connectivity index (χ1n) is 6.72. The van der Waals surface area contributed by atoms with Crippen molar-refractivity contribution in [1.29, 1.82) is 0 Å². The average Bonchev–Trinajstić information content (AvgIpc) is 2.89. The van der Waals surface area contributed by atoms with Gasteiger partial charge in [-0.05, 0) is 24.5 Å². The number of carboxylic acid groups (broad SMARTS) is 1. The van der Waals surface area contributed by atoms with Crippen molar-refractivity contribution in [3.63, 3.8) is 0 Å².